The lowest BCUT2D eigenvalue weighted by molar-refractivity contribution is -0.141. The van der Waals surface area contributed by atoms with Gasteiger partial charge in [0.15, 0.2) is 0 Å². The summed E-state index contributed by atoms with van der Waals surface area (Å²) in [6.07, 6.45) is 8.63. The third-order valence-corrected chi connectivity index (χ3v) is 5.36. The normalized spacial score (nSPS) is 24.6. The Morgan fingerprint density at radius 3 is 2.54 bits per heavy atom. The maximum atomic E-state index is 12.8. The standard InChI is InChI=1S/C18H33N3O2.ClH/c1-3-8-14(2)20-16(22)15-9-7-12-21(13-15)17(23)18(19)10-5-4-6-11-18;/h14-15H,3-13,19H2,1-2H3,(H,20,22);1H. The lowest BCUT2D eigenvalue weighted by atomic mass is 9.81. The number of carbonyl (C=O) groups excluding carboxylic acids is 2. The van der Waals surface area contributed by atoms with Crippen LogP contribution in [0.2, 0.25) is 0 Å². The summed E-state index contributed by atoms with van der Waals surface area (Å²) in [6, 6.07) is 0.206. The summed E-state index contributed by atoms with van der Waals surface area (Å²) >= 11 is 0. The maximum Gasteiger partial charge on any atom is 0.242 e. The number of carbonyl (C=O) groups is 2. The van der Waals surface area contributed by atoms with Gasteiger partial charge in [0.25, 0.3) is 0 Å². The minimum absolute atomic E-state index is 0. The molecule has 0 spiro atoms. The fourth-order valence-electron chi connectivity index (χ4n) is 3.95. The number of likely N-dealkylation sites (tertiary alicyclic amines) is 1. The van der Waals surface area contributed by atoms with Gasteiger partial charge in [-0.25, -0.2) is 0 Å². The average molecular weight is 360 g/mol. The van der Waals surface area contributed by atoms with Gasteiger partial charge in [-0.3, -0.25) is 9.59 Å². The van der Waals surface area contributed by atoms with Gasteiger partial charge in [0, 0.05) is 19.1 Å². The molecule has 24 heavy (non-hydrogen) atoms. The Hall–Kier alpha value is -0.810. The number of rotatable bonds is 5. The van der Waals surface area contributed by atoms with Crippen molar-refractivity contribution in [3.8, 4) is 0 Å². The Kier molecular flexibility index (Phi) is 8.51. The molecule has 0 bridgehead atoms. The van der Waals surface area contributed by atoms with E-state index in [-0.39, 0.29) is 36.2 Å². The van der Waals surface area contributed by atoms with Crippen molar-refractivity contribution in [1.29, 1.82) is 0 Å². The first-order chi connectivity index (χ1) is 11.0. The van der Waals surface area contributed by atoms with Gasteiger partial charge < -0.3 is 16.0 Å². The fraction of sp³-hybridized carbons (Fsp3) is 0.889. The Bertz CT molecular complexity index is 424. The third-order valence-electron chi connectivity index (χ3n) is 5.36. The molecule has 2 rings (SSSR count). The highest BCUT2D eigenvalue weighted by molar-refractivity contribution is 5.87. The van der Waals surface area contributed by atoms with Gasteiger partial charge in [-0.15, -0.1) is 12.4 Å². The van der Waals surface area contributed by atoms with Crippen molar-refractivity contribution in [2.24, 2.45) is 11.7 Å². The Morgan fingerprint density at radius 1 is 1.25 bits per heavy atom. The van der Waals surface area contributed by atoms with Gasteiger partial charge in [0.1, 0.15) is 0 Å². The summed E-state index contributed by atoms with van der Waals surface area (Å²) in [5, 5.41) is 3.09. The molecule has 1 aliphatic heterocycles. The molecule has 2 fully saturated rings. The van der Waals surface area contributed by atoms with Crippen molar-refractivity contribution < 1.29 is 9.59 Å². The molecule has 1 saturated heterocycles. The molecule has 0 aromatic rings. The van der Waals surface area contributed by atoms with Crippen molar-refractivity contribution in [2.45, 2.75) is 83.2 Å². The molecule has 1 heterocycles. The lowest BCUT2D eigenvalue weighted by Gasteiger charge is -2.40. The predicted molar refractivity (Wildman–Crippen MR) is 99.1 cm³/mol. The number of hydrogen-bond donors (Lipinski definition) is 2. The van der Waals surface area contributed by atoms with Crippen LogP contribution in [0.5, 0.6) is 0 Å². The van der Waals surface area contributed by atoms with Crippen LogP contribution in [0.25, 0.3) is 0 Å². The smallest absolute Gasteiger partial charge is 0.242 e. The molecule has 0 aromatic heterocycles. The van der Waals surface area contributed by atoms with Crippen LogP contribution in [-0.4, -0.2) is 41.4 Å². The van der Waals surface area contributed by atoms with E-state index in [1.165, 1.54) is 6.42 Å². The predicted octanol–water partition coefficient (Wildman–Crippen LogP) is 2.61. The molecule has 1 saturated carbocycles. The van der Waals surface area contributed by atoms with Gasteiger partial charge in [-0.2, -0.15) is 0 Å². The second kappa shape index (κ2) is 9.62. The first-order valence-electron chi connectivity index (χ1n) is 9.35. The van der Waals surface area contributed by atoms with E-state index in [9.17, 15) is 9.59 Å². The highest BCUT2D eigenvalue weighted by Gasteiger charge is 2.40. The maximum absolute atomic E-state index is 12.8. The molecule has 140 valence electrons. The van der Waals surface area contributed by atoms with Crippen molar-refractivity contribution in [3.05, 3.63) is 0 Å². The van der Waals surface area contributed by atoms with Crippen LogP contribution < -0.4 is 11.1 Å². The molecule has 5 nitrogen and oxygen atoms in total. The van der Waals surface area contributed by atoms with E-state index in [0.29, 0.717) is 6.54 Å². The number of amides is 2. The van der Waals surface area contributed by atoms with E-state index in [4.69, 9.17) is 5.73 Å². The summed E-state index contributed by atoms with van der Waals surface area (Å²) in [7, 11) is 0. The van der Waals surface area contributed by atoms with Gasteiger partial charge in [0.05, 0.1) is 11.5 Å². The molecule has 2 amide bonds. The molecule has 3 N–H and O–H groups in total. The van der Waals surface area contributed by atoms with E-state index in [1.807, 2.05) is 11.8 Å². The first-order valence-corrected chi connectivity index (χ1v) is 9.35. The molecule has 6 heteroatoms. The molecule has 0 radical (unpaired) electrons. The average Bonchev–Trinajstić information content (AvgIpc) is 2.55. The Morgan fingerprint density at radius 2 is 1.92 bits per heavy atom. The second-order valence-corrected chi connectivity index (χ2v) is 7.51. The SMILES string of the molecule is CCCC(C)NC(=O)C1CCCN(C(=O)C2(N)CCCCC2)C1.Cl. The van der Waals surface area contributed by atoms with Crippen LogP contribution in [-0.2, 0) is 9.59 Å². The number of nitrogens with zero attached hydrogens (tertiary/aromatic N) is 1. The second-order valence-electron chi connectivity index (χ2n) is 7.51. The molecule has 2 aliphatic rings. The summed E-state index contributed by atoms with van der Waals surface area (Å²) in [5.74, 6) is 0.0775. The van der Waals surface area contributed by atoms with Crippen molar-refractivity contribution >= 4 is 24.2 Å². The molecule has 2 unspecified atom stereocenters. The number of nitrogens with one attached hydrogen (secondary N) is 1. The lowest BCUT2D eigenvalue weighted by Crippen LogP contribution is -2.59. The van der Waals surface area contributed by atoms with Crippen LogP contribution in [0.3, 0.4) is 0 Å². The minimum Gasteiger partial charge on any atom is -0.353 e. The number of nitrogens with two attached hydrogens (primary N) is 1. The van der Waals surface area contributed by atoms with Crippen LogP contribution in [0, 0.1) is 5.92 Å². The zero-order valence-electron chi connectivity index (χ0n) is 15.2. The zero-order chi connectivity index (χ0) is 16.9. The van der Waals surface area contributed by atoms with Gasteiger partial charge in [-0.05, 0) is 39.0 Å². The molecule has 1 aliphatic carbocycles. The van der Waals surface area contributed by atoms with Crippen LogP contribution >= 0.6 is 12.4 Å². The number of halogens is 1. The van der Waals surface area contributed by atoms with E-state index in [2.05, 4.69) is 12.2 Å². The summed E-state index contributed by atoms with van der Waals surface area (Å²) in [4.78, 5) is 27.1. The minimum atomic E-state index is -0.688. The first kappa shape index (κ1) is 21.2. The topological polar surface area (TPSA) is 75.4 Å². The largest absolute Gasteiger partial charge is 0.353 e. The van der Waals surface area contributed by atoms with E-state index in [0.717, 1.165) is 57.9 Å². The van der Waals surface area contributed by atoms with Gasteiger partial charge >= 0.3 is 0 Å². The molecular formula is C18H34ClN3O2. The van der Waals surface area contributed by atoms with Crippen molar-refractivity contribution in [1.82, 2.24) is 10.2 Å². The van der Waals surface area contributed by atoms with Crippen LogP contribution in [0.1, 0.15) is 71.6 Å². The van der Waals surface area contributed by atoms with Crippen molar-refractivity contribution in [2.75, 3.05) is 13.1 Å². The quantitative estimate of drug-likeness (QED) is 0.792. The summed E-state index contributed by atoms with van der Waals surface area (Å²) in [5.41, 5.74) is 5.70. The van der Waals surface area contributed by atoms with E-state index < -0.39 is 5.54 Å². The third kappa shape index (κ3) is 5.35. The monoisotopic (exact) mass is 359 g/mol. The molecule has 0 aromatic carbocycles. The van der Waals surface area contributed by atoms with E-state index in [1.54, 1.807) is 0 Å². The zero-order valence-corrected chi connectivity index (χ0v) is 16.0. The summed E-state index contributed by atoms with van der Waals surface area (Å²) in [6.45, 7) is 5.44. The van der Waals surface area contributed by atoms with Gasteiger partial charge in [-0.1, -0.05) is 32.6 Å². The van der Waals surface area contributed by atoms with Gasteiger partial charge in [0.2, 0.25) is 11.8 Å². The number of piperidine rings is 1. The van der Waals surface area contributed by atoms with E-state index >= 15 is 0 Å². The fourth-order valence-corrected chi connectivity index (χ4v) is 3.95. The van der Waals surface area contributed by atoms with Crippen molar-refractivity contribution in [3.63, 3.8) is 0 Å². The van der Waals surface area contributed by atoms with Crippen LogP contribution in [0.15, 0.2) is 0 Å². The Balaban J connectivity index is 0.00000288. The molecule has 2 atom stereocenters. The number of hydrogen-bond acceptors (Lipinski definition) is 3. The highest BCUT2D eigenvalue weighted by Crippen LogP contribution is 2.29. The molecular weight excluding hydrogens is 326 g/mol. The summed E-state index contributed by atoms with van der Waals surface area (Å²) < 4.78 is 0. The van der Waals surface area contributed by atoms with Crippen LogP contribution in [0.4, 0.5) is 0 Å². The highest BCUT2D eigenvalue weighted by atomic mass is 35.5. The Labute approximate surface area is 152 Å².